The maximum Gasteiger partial charge on any atom is 0.166 e. The van der Waals surface area contributed by atoms with Gasteiger partial charge in [-0.15, -0.1) is 0 Å². The van der Waals surface area contributed by atoms with E-state index < -0.39 is 0 Å². The number of hydrogen-bond acceptors (Lipinski definition) is 4. The van der Waals surface area contributed by atoms with Gasteiger partial charge in [0.1, 0.15) is 0 Å². The molecule has 5 rings (SSSR count). The van der Waals surface area contributed by atoms with Crippen LogP contribution in [0.2, 0.25) is 0 Å². The summed E-state index contributed by atoms with van der Waals surface area (Å²) in [4.78, 5) is 12.6. The molecule has 176 valence electrons. The van der Waals surface area contributed by atoms with E-state index in [0.717, 1.165) is 70.5 Å². The van der Waals surface area contributed by atoms with Gasteiger partial charge in [-0.05, 0) is 38.0 Å². The molecule has 0 amide bonds. The van der Waals surface area contributed by atoms with Crippen molar-refractivity contribution >= 4 is 11.8 Å². The third-order valence-electron chi connectivity index (χ3n) is 6.00. The van der Waals surface area contributed by atoms with E-state index >= 15 is 0 Å². The molecule has 0 aliphatic heterocycles. The van der Waals surface area contributed by atoms with Crippen LogP contribution in [0, 0.1) is 6.92 Å². The number of unbranched alkanes of at least 4 members (excludes halogenated alkanes) is 2. The molecule has 0 aliphatic rings. The summed E-state index contributed by atoms with van der Waals surface area (Å²) in [6.07, 6.45) is 7.04. The van der Waals surface area contributed by atoms with Crippen molar-refractivity contribution in [3.63, 3.8) is 0 Å². The van der Waals surface area contributed by atoms with Gasteiger partial charge in [0, 0.05) is 47.1 Å². The van der Waals surface area contributed by atoms with Crippen molar-refractivity contribution in [2.24, 2.45) is 0 Å². The average molecular weight is 480 g/mol. The number of H-pyrrole nitrogens is 1. The SMILES string of the molecule is Cc1cc(-c2ccncc2)nn1CCCCCSc1nc(-c2ccccc2)c(-c2ccccc2)[nH]1. The van der Waals surface area contributed by atoms with Crippen LogP contribution < -0.4 is 0 Å². The smallest absolute Gasteiger partial charge is 0.166 e. The first-order chi connectivity index (χ1) is 17.3. The number of thioether (sulfide) groups is 1. The van der Waals surface area contributed by atoms with Gasteiger partial charge in [-0.25, -0.2) is 4.98 Å². The Hall–Kier alpha value is -3.64. The summed E-state index contributed by atoms with van der Waals surface area (Å²) in [5, 5.41) is 5.76. The van der Waals surface area contributed by atoms with Crippen LogP contribution >= 0.6 is 11.8 Å². The van der Waals surface area contributed by atoms with Crippen molar-refractivity contribution in [2.45, 2.75) is 37.9 Å². The third kappa shape index (κ3) is 5.72. The first kappa shape index (κ1) is 23.1. The molecule has 1 N–H and O–H groups in total. The summed E-state index contributed by atoms with van der Waals surface area (Å²) >= 11 is 1.80. The van der Waals surface area contributed by atoms with Gasteiger partial charge in [0.05, 0.1) is 17.1 Å². The lowest BCUT2D eigenvalue weighted by atomic mass is 10.1. The molecule has 0 fully saturated rings. The van der Waals surface area contributed by atoms with Gasteiger partial charge in [0.25, 0.3) is 0 Å². The van der Waals surface area contributed by atoms with E-state index in [1.165, 1.54) is 5.69 Å². The topological polar surface area (TPSA) is 59.4 Å². The van der Waals surface area contributed by atoms with Crippen molar-refractivity contribution < 1.29 is 0 Å². The minimum absolute atomic E-state index is 0.943. The lowest BCUT2D eigenvalue weighted by Gasteiger charge is -2.04. The zero-order valence-electron chi connectivity index (χ0n) is 19.9. The summed E-state index contributed by atoms with van der Waals surface area (Å²) in [5.41, 5.74) is 7.71. The number of aromatic nitrogens is 5. The number of rotatable bonds is 10. The molecule has 5 aromatic rings. The molecule has 2 aromatic carbocycles. The van der Waals surface area contributed by atoms with Crippen LogP contribution in [0.25, 0.3) is 33.8 Å². The summed E-state index contributed by atoms with van der Waals surface area (Å²) in [5.74, 6) is 1.04. The summed E-state index contributed by atoms with van der Waals surface area (Å²) in [6.45, 7) is 3.07. The second kappa shape index (κ2) is 11.2. The molecule has 35 heavy (non-hydrogen) atoms. The molecule has 3 aromatic heterocycles. The molecule has 5 nitrogen and oxygen atoms in total. The Balaban J connectivity index is 1.16. The summed E-state index contributed by atoms with van der Waals surface area (Å²) < 4.78 is 2.12. The zero-order chi connectivity index (χ0) is 23.9. The van der Waals surface area contributed by atoms with Gasteiger partial charge >= 0.3 is 0 Å². The Labute approximate surface area is 210 Å². The highest BCUT2D eigenvalue weighted by Gasteiger charge is 2.14. The van der Waals surface area contributed by atoms with Crippen LogP contribution in [0.1, 0.15) is 25.0 Å². The van der Waals surface area contributed by atoms with Crippen molar-refractivity contribution in [3.05, 3.63) is 97.0 Å². The maximum absolute atomic E-state index is 4.95. The van der Waals surface area contributed by atoms with Gasteiger partial charge in [0.15, 0.2) is 5.16 Å². The van der Waals surface area contributed by atoms with E-state index in [9.17, 15) is 0 Å². The lowest BCUT2D eigenvalue weighted by Crippen LogP contribution is -2.02. The molecule has 0 saturated carbocycles. The van der Waals surface area contributed by atoms with Crippen LogP contribution in [0.15, 0.2) is 96.4 Å². The van der Waals surface area contributed by atoms with Crippen LogP contribution in [0.3, 0.4) is 0 Å². The summed E-state index contributed by atoms with van der Waals surface area (Å²) in [7, 11) is 0. The molecule has 0 atom stereocenters. The number of nitrogens with one attached hydrogen (secondary N) is 1. The van der Waals surface area contributed by atoms with Crippen LogP contribution in [-0.4, -0.2) is 30.5 Å². The van der Waals surface area contributed by atoms with E-state index in [4.69, 9.17) is 10.1 Å². The lowest BCUT2D eigenvalue weighted by molar-refractivity contribution is 0.544. The van der Waals surface area contributed by atoms with Crippen molar-refractivity contribution in [2.75, 3.05) is 5.75 Å². The number of nitrogens with zero attached hydrogens (tertiary/aromatic N) is 4. The number of aromatic amines is 1. The van der Waals surface area contributed by atoms with Gasteiger partial charge in [-0.3, -0.25) is 9.67 Å². The Morgan fingerprint density at radius 2 is 1.51 bits per heavy atom. The second-order valence-corrected chi connectivity index (χ2v) is 9.62. The maximum atomic E-state index is 4.95. The molecule has 0 bridgehead atoms. The predicted octanol–water partition coefficient (Wildman–Crippen LogP) is 7.27. The standard InChI is InChI=1S/C29H29N5S/c1-22-21-26(23-15-17-30-18-16-23)33-34(22)19-9-4-10-20-35-29-31-27(24-11-5-2-6-12-24)28(32-29)25-13-7-3-8-14-25/h2-3,5-8,11-18,21H,4,9-10,19-20H2,1H3,(H,31,32). The number of benzene rings is 2. The Morgan fingerprint density at radius 3 is 2.26 bits per heavy atom. The predicted molar refractivity (Wildman–Crippen MR) is 144 cm³/mol. The van der Waals surface area contributed by atoms with Crippen LogP contribution in [0.4, 0.5) is 0 Å². The van der Waals surface area contributed by atoms with Crippen molar-refractivity contribution in [3.8, 4) is 33.8 Å². The largest absolute Gasteiger partial charge is 0.332 e. The fourth-order valence-corrected chi connectivity index (χ4v) is 5.02. The van der Waals surface area contributed by atoms with Gasteiger partial charge < -0.3 is 4.98 Å². The monoisotopic (exact) mass is 479 g/mol. The molecule has 6 heteroatoms. The molecule has 0 saturated heterocycles. The van der Waals surface area contributed by atoms with E-state index in [1.807, 2.05) is 36.7 Å². The highest BCUT2D eigenvalue weighted by atomic mass is 32.2. The average Bonchev–Trinajstić information content (AvgIpc) is 3.51. The number of pyridine rings is 1. The normalized spacial score (nSPS) is 11.1. The summed E-state index contributed by atoms with van der Waals surface area (Å²) in [6, 6.07) is 27.0. The number of hydrogen-bond donors (Lipinski definition) is 1. The zero-order valence-corrected chi connectivity index (χ0v) is 20.7. The first-order valence-corrected chi connectivity index (χ1v) is 13.0. The number of imidazole rings is 1. The van der Waals surface area contributed by atoms with E-state index in [0.29, 0.717) is 0 Å². The van der Waals surface area contributed by atoms with Crippen molar-refractivity contribution in [1.82, 2.24) is 24.7 Å². The van der Waals surface area contributed by atoms with Gasteiger partial charge in [-0.1, -0.05) is 78.8 Å². The first-order valence-electron chi connectivity index (χ1n) is 12.1. The molecule has 0 unspecified atom stereocenters. The quantitative estimate of drug-likeness (QED) is 0.169. The number of aryl methyl sites for hydroxylation is 2. The second-order valence-electron chi connectivity index (χ2n) is 8.54. The Morgan fingerprint density at radius 1 is 0.800 bits per heavy atom. The van der Waals surface area contributed by atoms with Crippen LogP contribution in [0.5, 0.6) is 0 Å². The van der Waals surface area contributed by atoms with Gasteiger partial charge in [0.2, 0.25) is 0 Å². The van der Waals surface area contributed by atoms with E-state index in [2.05, 4.69) is 76.2 Å². The highest BCUT2D eigenvalue weighted by Crippen LogP contribution is 2.32. The van der Waals surface area contributed by atoms with Crippen LogP contribution in [-0.2, 0) is 6.54 Å². The molecule has 0 aliphatic carbocycles. The van der Waals surface area contributed by atoms with Crippen molar-refractivity contribution in [1.29, 1.82) is 0 Å². The molecule has 3 heterocycles. The van der Waals surface area contributed by atoms with E-state index in [1.54, 1.807) is 11.8 Å². The van der Waals surface area contributed by atoms with E-state index in [-0.39, 0.29) is 0 Å². The Bertz CT molecular complexity index is 1290. The molecular formula is C29H29N5S. The van der Waals surface area contributed by atoms with Gasteiger partial charge in [-0.2, -0.15) is 5.10 Å². The third-order valence-corrected chi connectivity index (χ3v) is 6.96. The minimum Gasteiger partial charge on any atom is -0.332 e. The minimum atomic E-state index is 0.943. The Kier molecular flexibility index (Phi) is 7.39. The molecule has 0 radical (unpaired) electrons. The molecule has 0 spiro atoms. The molecular weight excluding hydrogens is 450 g/mol. The fourth-order valence-electron chi connectivity index (χ4n) is 4.15. The fraction of sp³-hybridized carbons (Fsp3) is 0.207. The highest BCUT2D eigenvalue weighted by molar-refractivity contribution is 7.99.